The summed E-state index contributed by atoms with van der Waals surface area (Å²) in [6, 6.07) is 0. The highest BCUT2D eigenvalue weighted by molar-refractivity contribution is 5.05. The molecule has 1 aliphatic heterocycles. The summed E-state index contributed by atoms with van der Waals surface area (Å²) in [6.45, 7) is 6.45. The predicted octanol–water partition coefficient (Wildman–Crippen LogP) is 1.28. The average molecular weight is 265 g/mol. The Balaban J connectivity index is 1.83. The number of ether oxygens (including phenoxy) is 2. The Bertz CT molecular complexity index is 369. The van der Waals surface area contributed by atoms with Gasteiger partial charge < -0.3 is 9.47 Å². The monoisotopic (exact) mass is 265 g/mol. The molecule has 106 valence electrons. The third kappa shape index (κ3) is 4.53. The van der Waals surface area contributed by atoms with E-state index in [1.165, 1.54) is 5.56 Å². The Kier molecular flexibility index (Phi) is 5.69. The lowest BCUT2D eigenvalue weighted by Crippen LogP contribution is -2.42. The van der Waals surface area contributed by atoms with Crippen LogP contribution in [0.25, 0.3) is 0 Å². The molecule has 5 nitrogen and oxygen atoms in total. The van der Waals surface area contributed by atoms with E-state index in [9.17, 15) is 0 Å². The van der Waals surface area contributed by atoms with Gasteiger partial charge in [0.1, 0.15) is 5.82 Å². The van der Waals surface area contributed by atoms with Gasteiger partial charge in [-0.2, -0.15) is 0 Å². The predicted molar refractivity (Wildman–Crippen MR) is 72.9 cm³/mol. The Hall–Kier alpha value is -1.04. The molecule has 0 amide bonds. The minimum atomic E-state index is 0.282. The standard InChI is InChI=1S/C14H23N3O2/c1-3-14-15-8-12(9-16-14)10-17-5-7-19-13(11-17)4-6-18-2/h8-9,13H,3-7,10-11H2,1-2H3. The van der Waals surface area contributed by atoms with Gasteiger partial charge in [0.25, 0.3) is 0 Å². The molecule has 1 aliphatic rings. The van der Waals surface area contributed by atoms with E-state index in [1.54, 1.807) is 7.11 Å². The average Bonchev–Trinajstić information content (AvgIpc) is 2.46. The molecule has 5 heteroatoms. The molecular weight excluding hydrogens is 242 g/mol. The molecule has 0 spiro atoms. The zero-order valence-corrected chi connectivity index (χ0v) is 11.8. The first-order chi connectivity index (χ1) is 9.31. The van der Waals surface area contributed by atoms with E-state index in [0.29, 0.717) is 0 Å². The fraction of sp³-hybridized carbons (Fsp3) is 0.714. The first-order valence-corrected chi connectivity index (χ1v) is 6.94. The van der Waals surface area contributed by atoms with Gasteiger partial charge in [-0.1, -0.05) is 6.92 Å². The molecule has 19 heavy (non-hydrogen) atoms. The molecule has 0 radical (unpaired) electrons. The highest BCUT2D eigenvalue weighted by Crippen LogP contribution is 2.12. The molecule has 1 fully saturated rings. The fourth-order valence-corrected chi connectivity index (χ4v) is 2.25. The van der Waals surface area contributed by atoms with Crippen molar-refractivity contribution in [2.24, 2.45) is 0 Å². The van der Waals surface area contributed by atoms with Crippen molar-refractivity contribution in [1.82, 2.24) is 14.9 Å². The molecule has 0 aliphatic carbocycles. The Morgan fingerprint density at radius 2 is 2.21 bits per heavy atom. The van der Waals surface area contributed by atoms with Gasteiger partial charge in [-0.25, -0.2) is 9.97 Å². The van der Waals surface area contributed by atoms with Crippen LogP contribution in [0.3, 0.4) is 0 Å². The fourth-order valence-electron chi connectivity index (χ4n) is 2.25. The second kappa shape index (κ2) is 7.53. The maximum absolute atomic E-state index is 5.73. The second-order valence-corrected chi connectivity index (χ2v) is 4.87. The number of methoxy groups -OCH3 is 1. The lowest BCUT2D eigenvalue weighted by Gasteiger charge is -2.32. The van der Waals surface area contributed by atoms with E-state index >= 15 is 0 Å². The molecule has 1 aromatic rings. The number of nitrogens with zero attached hydrogens (tertiary/aromatic N) is 3. The van der Waals surface area contributed by atoms with Gasteiger partial charge in [0.15, 0.2) is 0 Å². The van der Waals surface area contributed by atoms with Crippen LogP contribution in [0.1, 0.15) is 24.7 Å². The lowest BCUT2D eigenvalue weighted by molar-refractivity contribution is -0.0433. The van der Waals surface area contributed by atoms with E-state index in [-0.39, 0.29) is 6.10 Å². The molecule has 2 heterocycles. The summed E-state index contributed by atoms with van der Waals surface area (Å²) >= 11 is 0. The van der Waals surface area contributed by atoms with E-state index in [4.69, 9.17) is 9.47 Å². The van der Waals surface area contributed by atoms with Crippen LogP contribution < -0.4 is 0 Å². The van der Waals surface area contributed by atoms with Crippen molar-refractivity contribution in [1.29, 1.82) is 0 Å². The van der Waals surface area contributed by atoms with Gasteiger partial charge in [0, 0.05) is 57.7 Å². The number of hydrogen-bond acceptors (Lipinski definition) is 5. The number of rotatable bonds is 6. The smallest absolute Gasteiger partial charge is 0.127 e. The van der Waals surface area contributed by atoms with Crippen LogP contribution in [0, 0.1) is 0 Å². The lowest BCUT2D eigenvalue weighted by atomic mass is 10.2. The summed E-state index contributed by atoms with van der Waals surface area (Å²) in [7, 11) is 1.73. The number of hydrogen-bond donors (Lipinski definition) is 0. The van der Waals surface area contributed by atoms with Crippen molar-refractivity contribution in [2.75, 3.05) is 33.4 Å². The molecule has 1 unspecified atom stereocenters. The summed E-state index contributed by atoms with van der Waals surface area (Å²) in [4.78, 5) is 11.1. The van der Waals surface area contributed by atoms with Crippen LogP contribution in [-0.2, 0) is 22.4 Å². The summed E-state index contributed by atoms with van der Waals surface area (Å²) in [6.07, 6.45) is 6.00. The third-order valence-corrected chi connectivity index (χ3v) is 3.35. The van der Waals surface area contributed by atoms with Crippen LogP contribution in [0.2, 0.25) is 0 Å². The highest BCUT2D eigenvalue weighted by atomic mass is 16.5. The minimum absolute atomic E-state index is 0.282. The molecule has 0 N–H and O–H groups in total. The number of morpholine rings is 1. The highest BCUT2D eigenvalue weighted by Gasteiger charge is 2.20. The maximum atomic E-state index is 5.73. The molecule has 2 rings (SSSR count). The van der Waals surface area contributed by atoms with Crippen LogP contribution in [0.15, 0.2) is 12.4 Å². The van der Waals surface area contributed by atoms with Crippen LogP contribution in [0.4, 0.5) is 0 Å². The zero-order chi connectivity index (χ0) is 13.5. The van der Waals surface area contributed by atoms with E-state index in [1.807, 2.05) is 12.4 Å². The summed E-state index contributed by atoms with van der Waals surface area (Å²) in [5.74, 6) is 0.906. The van der Waals surface area contributed by atoms with Crippen molar-refractivity contribution in [3.63, 3.8) is 0 Å². The number of aromatic nitrogens is 2. The molecule has 0 saturated carbocycles. The summed E-state index contributed by atoms with van der Waals surface area (Å²) < 4.78 is 10.8. The van der Waals surface area contributed by atoms with Gasteiger partial charge in [-0.05, 0) is 6.42 Å². The van der Waals surface area contributed by atoms with Gasteiger partial charge in [-0.3, -0.25) is 4.90 Å². The quantitative estimate of drug-likeness (QED) is 0.775. The van der Waals surface area contributed by atoms with Gasteiger partial charge >= 0.3 is 0 Å². The van der Waals surface area contributed by atoms with Crippen molar-refractivity contribution >= 4 is 0 Å². The van der Waals surface area contributed by atoms with Crippen molar-refractivity contribution in [3.8, 4) is 0 Å². The van der Waals surface area contributed by atoms with Crippen LogP contribution in [0.5, 0.6) is 0 Å². The Morgan fingerprint density at radius 3 is 2.89 bits per heavy atom. The first kappa shape index (κ1) is 14.4. The first-order valence-electron chi connectivity index (χ1n) is 6.94. The van der Waals surface area contributed by atoms with E-state index in [2.05, 4.69) is 21.8 Å². The topological polar surface area (TPSA) is 47.5 Å². The van der Waals surface area contributed by atoms with Crippen LogP contribution >= 0.6 is 0 Å². The minimum Gasteiger partial charge on any atom is -0.385 e. The molecule has 0 aromatic carbocycles. The maximum Gasteiger partial charge on any atom is 0.127 e. The van der Waals surface area contributed by atoms with Crippen molar-refractivity contribution < 1.29 is 9.47 Å². The van der Waals surface area contributed by atoms with E-state index in [0.717, 1.165) is 51.5 Å². The van der Waals surface area contributed by atoms with Crippen molar-refractivity contribution in [2.45, 2.75) is 32.4 Å². The Labute approximate surface area is 115 Å². The van der Waals surface area contributed by atoms with Gasteiger partial charge in [0.2, 0.25) is 0 Å². The summed E-state index contributed by atoms with van der Waals surface area (Å²) in [5, 5.41) is 0. The third-order valence-electron chi connectivity index (χ3n) is 3.35. The van der Waals surface area contributed by atoms with Gasteiger partial charge in [0.05, 0.1) is 12.7 Å². The largest absolute Gasteiger partial charge is 0.385 e. The number of aryl methyl sites for hydroxylation is 1. The van der Waals surface area contributed by atoms with E-state index < -0.39 is 0 Å². The molecule has 1 atom stereocenters. The second-order valence-electron chi connectivity index (χ2n) is 4.87. The van der Waals surface area contributed by atoms with Crippen LogP contribution in [-0.4, -0.2) is 54.4 Å². The van der Waals surface area contributed by atoms with Gasteiger partial charge in [-0.15, -0.1) is 0 Å². The van der Waals surface area contributed by atoms with Crippen molar-refractivity contribution in [3.05, 3.63) is 23.8 Å². The summed E-state index contributed by atoms with van der Waals surface area (Å²) in [5.41, 5.74) is 1.17. The molecule has 1 aromatic heterocycles. The molecular formula is C14H23N3O2. The SMILES string of the molecule is CCc1ncc(CN2CCOC(CCOC)C2)cn1. The zero-order valence-electron chi connectivity index (χ0n) is 11.8. The molecule has 1 saturated heterocycles. The molecule has 0 bridgehead atoms. The normalized spacial score (nSPS) is 20.6. The Morgan fingerprint density at radius 1 is 1.42 bits per heavy atom.